The number of carboxylic acids is 1. The first-order valence-electron chi connectivity index (χ1n) is 2.65. The summed E-state index contributed by atoms with van der Waals surface area (Å²) in [6.45, 7) is 0. The smallest absolute Gasteiger partial charge is 0.320 e. The van der Waals surface area contributed by atoms with Gasteiger partial charge in [0.1, 0.15) is 6.04 Å². The highest BCUT2D eigenvalue weighted by Gasteiger charge is 2.08. The SMILES string of the molecule is CSCC[C@H](N)C(=O)O.P. The zero-order valence-electron chi connectivity index (χ0n) is 6.04. The monoisotopic (exact) mass is 183 g/mol. The van der Waals surface area contributed by atoms with Crippen molar-refractivity contribution < 1.29 is 9.90 Å². The van der Waals surface area contributed by atoms with Gasteiger partial charge in [-0.1, -0.05) is 0 Å². The van der Waals surface area contributed by atoms with Crippen molar-refractivity contribution in [2.45, 2.75) is 12.5 Å². The standard InChI is InChI=1S/C5H11NO2S.H3P/c1-9-3-2-4(6)5(7)8;/h4H,2-3,6H2,1H3,(H,7,8);1H3/t4-;/m0./s1. The van der Waals surface area contributed by atoms with E-state index in [-0.39, 0.29) is 9.90 Å². The molecule has 0 heterocycles. The number of carboxylic acid groups (broad SMARTS) is 1. The second-order valence-electron chi connectivity index (χ2n) is 1.73. The van der Waals surface area contributed by atoms with Crippen LogP contribution < -0.4 is 5.73 Å². The molecule has 0 spiro atoms. The molecule has 0 aromatic rings. The lowest BCUT2D eigenvalue weighted by molar-refractivity contribution is -0.138. The van der Waals surface area contributed by atoms with Gasteiger partial charge in [0.25, 0.3) is 0 Å². The molecular formula is C5H14NO2PS. The predicted octanol–water partition coefficient (Wildman–Crippen LogP) is 0.209. The van der Waals surface area contributed by atoms with Crippen LogP contribution in [0, 0.1) is 0 Å². The van der Waals surface area contributed by atoms with Gasteiger partial charge in [0.2, 0.25) is 0 Å². The van der Waals surface area contributed by atoms with E-state index in [1.54, 1.807) is 11.8 Å². The molecule has 0 aliphatic heterocycles. The van der Waals surface area contributed by atoms with Crippen LogP contribution in [-0.4, -0.2) is 29.1 Å². The van der Waals surface area contributed by atoms with Crippen LogP contribution in [0.3, 0.4) is 0 Å². The first kappa shape index (κ1) is 12.8. The van der Waals surface area contributed by atoms with Crippen molar-refractivity contribution in [3.8, 4) is 0 Å². The van der Waals surface area contributed by atoms with Crippen LogP contribution in [0.5, 0.6) is 0 Å². The van der Waals surface area contributed by atoms with Gasteiger partial charge < -0.3 is 10.8 Å². The Kier molecular flexibility index (Phi) is 9.40. The van der Waals surface area contributed by atoms with E-state index in [4.69, 9.17) is 10.8 Å². The Balaban J connectivity index is 0. The quantitative estimate of drug-likeness (QED) is 0.611. The molecule has 0 fully saturated rings. The summed E-state index contributed by atoms with van der Waals surface area (Å²) in [7, 11) is 0. The van der Waals surface area contributed by atoms with E-state index >= 15 is 0 Å². The fourth-order valence-electron chi connectivity index (χ4n) is 0.368. The summed E-state index contributed by atoms with van der Waals surface area (Å²) >= 11 is 1.60. The molecule has 3 N–H and O–H groups in total. The van der Waals surface area contributed by atoms with Crippen molar-refractivity contribution in [2.75, 3.05) is 12.0 Å². The number of thioether (sulfide) groups is 1. The maximum absolute atomic E-state index is 10.1. The average molecular weight is 183 g/mol. The maximum Gasteiger partial charge on any atom is 0.320 e. The summed E-state index contributed by atoms with van der Waals surface area (Å²) in [4.78, 5) is 10.1. The Morgan fingerprint density at radius 1 is 1.80 bits per heavy atom. The lowest BCUT2D eigenvalue weighted by Crippen LogP contribution is -2.30. The van der Waals surface area contributed by atoms with Crippen molar-refractivity contribution in [1.82, 2.24) is 0 Å². The molecule has 62 valence electrons. The third-order valence-electron chi connectivity index (χ3n) is 0.950. The molecule has 0 saturated carbocycles. The minimum absolute atomic E-state index is 0. The topological polar surface area (TPSA) is 63.3 Å². The Morgan fingerprint density at radius 2 is 2.30 bits per heavy atom. The van der Waals surface area contributed by atoms with Crippen molar-refractivity contribution in [1.29, 1.82) is 0 Å². The number of nitrogens with two attached hydrogens (primary N) is 1. The molecule has 5 heteroatoms. The Labute approximate surface area is 68.4 Å². The first-order valence-corrected chi connectivity index (χ1v) is 4.05. The zero-order valence-corrected chi connectivity index (χ0v) is 8.27. The summed E-state index contributed by atoms with van der Waals surface area (Å²) in [6, 6.07) is -0.683. The minimum Gasteiger partial charge on any atom is -0.480 e. The molecule has 0 aliphatic rings. The summed E-state index contributed by atoms with van der Waals surface area (Å²) in [5.41, 5.74) is 5.19. The largest absolute Gasteiger partial charge is 0.480 e. The number of rotatable bonds is 4. The highest BCUT2D eigenvalue weighted by molar-refractivity contribution is 7.98. The highest BCUT2D eigenvalue weighted by Crippen LogP contribution is 1.97. The van der Waals surface area contributed by atoms with Crippen LogP contribution in [0.4, 0.5) is 0 Å². The molecule has 0 radical (unpaired) electrons. The number of carbonyl (C=O) groups is 1. The fourth-order valence-corrected chi connectivity index (χ4v) is 0.858. The van der Waals surface area contributed by atoms with Crippen molar-refractivity contribution in [2.24, 2.45) is 5.73 Å². The van der Waals surface area contributed by atoms with Gasteiger partial charge >= 0.3 is 5.97 Å². The third kappa shape index (κ3) is 6.33. The molecule has 0 aromatic heterocycles. The second-order valence-corrected chi connectivity index (χ2v) is 2.71. The van der Waals surface area contributed by atoms with E-state index in [2.05, 4.69) is 0 Å². The molecule has 3 nitrogen and oxygen atoms in total. The Bertz CT molecular complexity index is 102. The number of hydrogen-bond acceptors (Lipinski definition) is 3. The minimum atomic E-state index is -0.913. The average Bonchev–Trinajstić information content (AvgIpc) is 1.82. The maximum atomic E-state index is 10.1. The summed E-state index contributed by atoms with van der Waals surface area (Å²) in [5, 5.41) is 8.27. The molecule has 0 aliphatic carbocycles. The van der Waals surface area contributed by atoms with Crippen LogP contribution in [0.2, 0.25) is 0 Å². The number of hydrogen-bond donors (Lipinski definition) is 2. The zero-order chi connectivity index (χ0) is 7.28. The van der Waals surface area contributed by atoms with Crippen molar-refractivity contribution in [3.05, 3.63) is 0 Å². The summed E-state index contributed by atoms with van der Waals surface area (Å²) in [6.07, 6.45) is 2.48. The summed E-state index contributed by atoms with van der Waals surface area (Å²) < 4.78 is 0. The van der Waals surface area contributed by atoms with E-state index in [0.29, 0.717) is 6.42 Å². The van der Waals surface area contributed by atoms with Crippen LogP contribution in [-0.2, 0) is 4.79 Å². The summed E-state index contributed by atoms with van der Waals surface area (Å²) in [5.74, 6) is -0.1000. The molecule has 0 rings (SSSR count). The first-order chi connectivity index (χ1) is 4.18. The van der Waals surface area contributed by atoms with Crippen LogP contribution in [0.25, 0.3) is 0 Å². The van der Waals surface area contributed by atoms with E-state index in [9.17, 15) is 4.79 Å². The van der Waals surface area contributed by atoms with Gasteiger partial charge in [0.15, 0.2) is 0 Å². The van der Waals surface area contributed by atoms with E-state index in [1.165, 1.54) is 0 Å². The van der Waals surface area contributed by atoms with Crippen LogP contribution in [0.1, 0.15) is 6.42 Å². The van der Waals surface area contributed by atoms with Gasteiger partial charge in [-0.3, -0.25) is 4.79 Å². The van der Waals surface area contributed by atoms with Gasteiger partial charge in [-0.25, -0.2) is 0 Å². The highest BCUT2D eigenvalue weighted by atomic mass is 32.2. The van der Waals surface area contributed by atoms with Gasteiger partial charge in [-0.15, -0.1) is 0 Å². The van der Waals surface area contributed by atoms with Gasteiger partial charge in [0, 0.05) is 0 Å². The number of aliphatic carboxylic acids is 1. The molecular weight excluding hydrogens is 169 g/mol. The van der Waals surface area contributed by atoms with Crippen molar-refractivity contribution >= 4 is 27.6 Å². The lowest BCUT2D eigenvalue weighted by atomic mass is 10.2. The van der Waals surface area contributed by atoms with Crippen molar-refractivity contribution in [3.63, 3.8) is 0 Å². The molecule has 0 saturated heterocycles. The van der Waals surface area contributed by atoms with E-state index in [0.717, 1.165) is 5.75 Å². The second kappa shape index (κ2) is 7.32. The fraction of sp³-hybridized carbons (Fsp3) is 0.800. The predicted molar refractivity (Wildman–Crippen MR) is 49.7 cm³/mol. The molecule has 2 atom stereocenters. The van der Waals surface area contributed by atoms with E-state index < -0.39 is 12.0 Å². The lowest BCUT2D eigenvalue weighted by Gasteiger charge is -2.02. The molecule has 0 amide bonds. The molecule has 0 bridgehead atoms. The van der Waals surface area contributed by atoms with Gasteiger partial charge in [-0.05, 0) is 18.4 Å². The Morgan fingerprint density at radius 3 is 2.60 bits per heavy atom. The molecule has 10 heavy (non-hydrogen) atoms. The Hall–Kier alpha value is 0.210. The van der Waals surface area contributed by atoms with Gasteiger partial charge in [-0.2, -0.15) is 21.7 Å². The van der Waals surface area contributed by atoms with Gasteiger partial charge in [0.05, 0.1) is 0 Å². The third-order valence-corrected chi connectivity index (χ3v) is 1.59. The molecule has 0 aromatic carbocycles. The normalized spacial score (nSPS) is 11.8. The van der Waals surface area contributed by atoms with E-state index in [1.807, 2.05) is 6.26 Å². The van der Waals surface area contributed by atoms with Crippen LogP contribution in [0.15, 0.2) is 0 Å². The molecule has 1 unspecified atom stereocenters. The van der Waals surface area contributed by atoms with Crippen LogP contribution >= 0.6 is 21.7 Å².